The summed E-state index contributed by atoms with van der Waals surface area (Å²) in [6, 6.07) is 13.2. The Morgan fingerprint density at radius 3 is 2.50 bits per heavy atom. The molecule has 26 heavy (non-hydrogen) atoms. The average Bonchev–Trinajstić information content (AvgIpc) is 2.59. The molecule has 0 saturated heterocycles. The third kappa shape index (κ3) is 5.83. The van der Waals surface area contributed by atoms with Crippen LogP contribution in [0.4, 0.5) is 5.69 Å². The number of rotatable bonds is 8. The summed E-state index contributed by atoms with van der Waals surface area (Å²) in [4.78, 5) is 10.5. The first-order valence-electron chi connectivity index (χ1n) is 7.66. The third-order valence-electron chi connectivity index (χ3n) is 3.39. The molecule has 9 heteroatoms. The standard InChI is InChI=1S/C17H18ClN3O4S/c1-12(20-21-15-4-2-3-14(18)11-15)13-5-7-16(8-6-13)26(24,25)19-10-9-17(22)23/h2-8,11,19,21H,9-10H2,1H3,(H,22,23)/b20-12-. The lowest BCUT2D eigenvalue weighted by Gasteiger charge is -2.07. The van der Waals surface area contributed by atoms with Crippen LogP contribution in [0.1, 0.15) is 18.9 Å². The first kappa shape index (κ1) is 19.9. The molecule has 0 unspecified atom stereocenters. The van der Waals surface area contributed by atoms with Crippen molar-refractivity contribution in [2.75, 3.05) is 12.0 Å². The molecule has 2 aromatic rings. The van der Waals surface area contributed by atoms with Crippen LogP contribution in [0.5, 0.6) is 0 Å². The van der Waals surface area contributed by atoms with Crippen molar-refractivity contribution in [3.05, 3.63) is 59.1 Å². The van der Waals surface area contributed by atoms with Crippen LogP contribution in [0.25, 0.3) is 0 Å². The van der Waals surface area contributed by atoms with Gasteiger partial charge in [-0.05, 0) is 42.8 Å². The number of nitrogens with zero attached hydrogens (tertiary/aromatic N) is 1. The normalized spacial score (nSPS) is 12.0. The highest BCUT2D eigenvalue weighted by Crippen LogP contribution is 2.16. The molecule has 7 nitrogen and oxygen atoms in total. The largest absolute Gasteiger partial charge is 0.481 e. The molecule has 0 atom stereocenters. The van der Waals surface area contributed by atoms with Crippen molar-refractivity contribution in [3.8, 4) is 0 Å². The zero-order chi connectivity index (χ0) is 19.2. The summed E-state index contributed by atoms with van der Waals surface area (Å²) in [6.45, 7) is 1.62. The third-order valence-corrected chi connectivity index (χ3v) is 5.10. The molecule has 0 fully saturated rings. The van der Waals surface area contributed by atoms with Crippen LogP contribution in [0.3, 0.4) is 0 Å². The predicted molar refractivity (Wildman–Crippen MR) is 101 cm³/mol. The van der Waals surface area contributed by atoms with E-state index in [0.29, 0.717) is 10.7 Å². The summed E-state index contributed by atoms with van der Waals surface area (Å²) in [7, 11) is -3.74. The Morgan fingerprint density at radius 1 is 1.19 bits per heavy atom. The van der Waals surface area contributed by atoms with Crippen LogP contribution < -0.4 is 10.1 Å². The van der Waals surface area contributed by atoms with Gasteiger partial charge in [-0.15, -0.1) is 0 Å². The van der Waals surface area contributed by atoms with E-state index < -0.39 is 16.0 Å². The first-order chi connectivity index (χ1) is 12.3. The molecule has 0 saturated carbocycles. The fraction of sp³-hybridized carbons (Fsp3) is 0.176. The van der Waals surface area contributed by atoms with Gasteiger partial charge in [-0.2, -0.15) is 5.10 Å². The van der Waals surface area contributed by atoms with Crippen LogP contribution in [0, 0.1) is 0 Å². The molecular weight excluding hydrogens is 378 g/mol. The average molecular weight is 396 g/mol. The summed E-state index contributed by atoms with van der Waals surface area (Å²) >= 11 is 5.91. The van der Waals surface area contributed by atoms with E-state index in [1.807, 2.05) is 6.07 Å². The molecule has 138 valence electrons. The molecule has 0 aromatic heterocycles. The summed E-state index contributed by atoms with van der Waals surface area (Å²) in [5.41, 5.74) is 5.02. The molecule has 2 rings (SSSR count). The summed E-state index contributed by atoms with van der Waals surface area (Å²) in [5, 5.41) is 13.4. The second kappa shape index (κ2) is 8.79. The van der Waals surface area contributed by atoms with E-state index in [1.54, 1.807) is 37.3 Å². The van der Waals surface area contributed by atoms with Crippen molar-refractivity contribution in [2.45, 2.75) is 18.2 Å². The number of anilines is 1. The molecule has 0 radical (unpaired) electrons. The Balaban J connectivity index is 2.05. The smallest absolute Gasteiger partial charge is 0.304 e. The van der Waals surface area contributed by atoms with E-state index in [9.17, 15) is 13.2 Å². The number of sulfonamides is 1. The Kier molecular flexibility index (Phi) is 6.73. The van der Waals surface area contributed by atoms with Gasteiger partial charge in [0.05, 0.1) is 22.7 Å². The fourth-order valence-corrected chi connectivity index (χ4v) is 3.24. The molecule has 3 N–H and O–H groups in total. The number of nitrogens with one attached hydrogen (secondary N) is 2. The Morgan fingerprint density at radius 2 is 1.88 bits per heavy atom. The number of carboxylic acid groups (broad SMARTS) is 1. The number of carboxylic acids is 1. The maximum Gasteiger partial charge on any atom is 0.304 e. The minimum absolute atomic E-state index is 0.0576. The monoisotopic (exact) mass is 395 g/mol. The van der Waals surface area contributed by atoms with Crippen molar-refractivity contribution in [2.24, 2.45) is 5.10 Å². The molecular formula is C17H18ClN3O4S. The van der Waals surface area contributed by atoms with E-state index in [4.69, 9.17) is 16.7 Å². The molecule has 0 aliphatic heterocycles. The lowest BCUT2D eigenvalue weighted by Crippen LogP contribution is -2.26. The molecule has 0 aliphatic rings. The van der Waals surface area contributed by atoms with E-state index in [-0.39, 0.29) is 17.9 Å². The van der Waals surface area contributed by atoms with Crippen molar-refractivity contribution in [1.29, 1.82) is 0 Å². The van der Waals surface area contributed by atoms with Crippen LogP contribution >= 0.6 is 11.6 Å². The zero-order valence-electron chi connectivity index (χ0n) is 13.9. The number of hydrazone groups is 1. The zero-order valence-corrected chi connectivity index (χ0v) is 15.5. The van der Waals surface area contributed by atoms with Crippen molar-refractivity contribution >= 4 is 39.0 Å². The summed E-state index contributed by atoms with van der Waals surface area (Å²) < 4.78 is 26.4. The van der Waals surface area contributed by atoms with Gasteiger partial charge in [0.1, 0.15) is 0 Å². The van der Waals surface area contributed by atoms with Crippen molar-refractivity contribution in [1.82, 2.24) is 4.72 Å². The number of hydrogen-bond acceptors (Lipinski definition) is 5. The van der Waals surface area contributed by atoms with E-state index in [0.717, 1.165) is 11.3 Å². The van der Waals surface area contributed by atoms with Gasteiger partial charge in [0.2, 0.25) is 10.0 Å². The Labute approximate surface area is 156 Å². The Hall–Kier alpha value is -2.42. The number of halogens is 1. The van der Waals surface area contributed by atoms with Gasteiger partial charge < -0.3 is 5.11 Å². The van der Waals surface area contributed by atoms with Gasteiger partial charge in [-0.25, -0.2) is 13.1 Å². The molecule has 0 amide bonds. The molecule has 2 aromatic carbocycles. The number of aliphatic carboxylic acids is 1. The van der Waals surface area contributed by atoms with Gasteiger partial charge >= 0.3 is 5.97 Å². The first-order valence-corrected chi connectivity index (χ1v) is 9.52. The van der Waals surface area contributed by atoms with E-state index in [2.05, 4.69) is 15.2 Å². The number of benzene rings is 2. The maximum absolute atomic E-state index is 12.1. The topological polar surface area (TPSA) is 108 Å². The second-order valence-corrected chi connectivity index (χ2v) is 7.59. The lowest BCUT2D eigenvalue weighted by molar-refractivity contribution is -0.136. The predicted octanol–water partition coefficient (Wildman–Crippen LogP) is 2.93. The molecule has 0 bridgehead atoms. The maximum atomic E-state index is 12.1. The van der Waals surface area contributed by atoms with Crippen LogP contribution in [-0.4, -0.2) is 31.8 Å². The lowest BCUT2D eigenvalue weighted by atomic mass is 10.1. The minimum Gasteiger partial charge on any atom is -0.481 e. The van der Waals surface area contributed by atoms with Crippen LogP contribution in [0.15, 0.2) is 58.5 Å². The second-order valence-electron chi connectivity index (χ2n) is 5.39. The van der Waals surface area contributed by atoms with Crippen molar-refractivity contribution < 1.29 is 18.3 Å². The van der Waals surface area contributed by atoms with Gasteiger partial charge in [0, 0.05) is 11.6 Å². The number of hydrogen-bond donors (Lipinski definition) is 3. The van der Waals surface area contributed by atoms with Gasteiger partial charge in [0.25, 0.3) is 0 Å². The SMILES string of the molecule is C/C(=N/Nc1cccc(Cl)c1)c1ccc(S(=O)(=O)NCCC(=O)O)cc1. The van der Waals surface area contributed by atoms with Crippen LogP contribution in [-0.2, 0) is 14.8 Å². The molecule has 0 heterocycles. The highest BCUT2D eigenvalue weighted by atomic mass is 35.5. The summed E-state index contributed by atoms with van der Waals surface area (Å²) in [6.07, 6.45) is -0.280. The van der Waals surface area contributed by atoms with E-state index >= 15 is 0 Å². The van der Waals surface area contributed by atoms with Crippen molar-refractivity contribution in [3.63, 3.8) is 0 Å². The quantitative estimate of drug-likeness (QED) is 0.470. The Bertz CT molecular complexity index is 912. The molecule has 0 spiro atoms. The number of carbonyl (C=O) groups is 1. The van der Waals surface area contributed by atoms with E-state index in [1.165, 1.54) is 12.1 Å². The minimum atomic E-state index is -3.74. The molecule has 0 aliphatic carbocycles. The van der Waals surface area contributed by atoms with Gasteiger partial charge in [-0.3, -0.25) is 10.2 Å². The highest BCUT2D eigenvalue weighted by Gasteiger charge is 2.14. The fourth-order valence-electron chi connectivity index (χ4n) is 2.02. The van der Waals surface area contributed by atoms with Gasteiger partial charge in [-0.1, -0.05) is 29.8 Å². The summed E-state index contributed by atoms with van der Waals surface area (Å²) in [5.74, 6) is -1.07. The van der Waals surface area contributed by atoms with Crippen LogP contribution in [0.2, 0.25) is 5.02 Å². The van der Waals surface area contributed by atoms with Gasteiger partial charge in [0.15, 0.2) is 0 Å². The highest BCUT2D eigenvalue weighted by molar-refractivity contribution is 7.89.